The summed E-state index contributed by atoms with van der Waals surface area (Å²) < 4.78 is 37.4. The number of H-pyrrole nitrogens is 1. The third-order valence-electron chi connectivity index (χ3n) is 5.66. The van der Waals surface area contributed by atoms with Crippen molar-refractivity contribution in [2.75, 3.05) is 13.2 Å². The van der Waals surface area contributed by atoms with Crippen molar-refractivity contribution < 1.29 is 38.1 Å². The molecule has 1 unspecified atom stereocenters. The Kier molecular flexibility index (Phi) is 9.83. The highest BCUT2D eigenvalue weighted by atomic mass is 35.5. The number of nitrogens with zero attached hydrogens (tertiary/aromatic N) is 1. The number of carbonyl (C=O) groups excluding carboxylic acids is 1. The van der Waals surface area contributed by atoms with Crippen LogP contribution in [-0.4, -0.2) is 62.8 Å². The van der Waals surface area contributed by atoms with Crippen molar-refractivity contribution >= 4 is 37.5 Å². The summed E-state index contributed by atoms with van der Waals surface area (Å²) in [6, 6.07) is 6.03. The largest absolute Gasteiger partial charge is 0.464 e. The molecule has 2 aromatic rings. The summed E-state index contributed by atoms with van der Waals surface area (Å²) in [6.07, 6.45) is -2.61. The molecule has 15 heteroatoms. The first-order valence-corrected chi connectivity index (χ1v) is 14.4. The first-order valence-electron chi connectivity index (χ1n) is 12.0. The van der Waals surface area contributed by atoms with E-state index >= 15 is 0 Å². The van der Waals surface area contributed by atoms with Crippen LogP contribution in [0.2, 0.25) is 5.02 Å². The summed E-state index contributed by atoms with van der Waals surface area (Å²) >= 11 is 11.1. The first-order chi connectivity index (χ1) is 18.0. The van der Waals surface area contributed by atoms with Crippen molar-refractivity contribution in [2.24, 2.45) is 5.41 Å². The highest BCUT2D eigenvalue weighted by Crippen LogP contribution is 2.47. The van der Waals surface area contributed by atoms with Crippen molar-refractivity contribution in [2.45, 2.75) is 64.7 Å². The lowest BCUT2D eigenvalue weighted by Crippen LogP contribution is -2.45. The molecule has 12 nitrogen and oxygen atoms in total. The van der Waals surface area contributed by atoms with E-state index in [1.807, 2.05) is 20.8 Å². The Balaban J connectivity index is 1.79. The lowest BCUT2D eigenvalue weighted by atomic mass is 9.96. The number of rotatable bonds is 10. The van der Waals surface area contributed by atoms with Crippen LogP contribution in [0.3, 0.4) is 0 Å². The van der Waals surface area contributed by atoms with E-state index < -0.39 is 56.0 Å². The van der Waals surface area contributed by atoms with Gasteiger partial charge in [-0.1, -0.05) is 32.4 Å². The summed E-state index contributed by atoms with van der Waals surface area (Å²) in [7, 11) is -4.30. The number of carbonyl (C=O) groups is 1. The van der Waals surface area contributed by atoms with Crippen molar-refractivity contribution in [1.29, 1.82) is 0 Å². The van der Waals surface area contributed by atoms with Crippen LogP contribution < -0.4 is 15.2 Å². The minimum Gasteiger partial charge on any atom is -0.464 e. The number of esters is 1. The van der Waals surface area contributed by atoms with Gasteiger partial charge in [-0.25, -0.2) is 4.57 Å². The Morgan fingerprint density at radius 2 is 1.97 bits per heavy atom. The number of halogens is 1. The van der Waals surface area contributed by atoms with Crippen LogP contribution in [0.1, 0.15) is 40.8 Å². The monoisotopic (exact) mass is 605 g/mol. The summed E-state index contributed by atoms with van der Waals surface area (Å²) in [5, 5.41) is 24.8. The van der Waals surface area contributed by atoms with Crippen molar-refractivity contribution in [3.05, 3.63) is 56.7 Å². The molecule has 0 amide bonds. The van der Waals surface area contributed by atoms with Crippen LogP contribution in [0.4, 0.5) is 0 Å². The van der Waals surface area contributed by atoms with Crippen LogP contribution in [0, 0.1) is 10.2 Å². The van der Waals surface area contributed by atoms with Gasteiger partial charge in [0.05, 0.1) is 13.2 Å². The van der Waals surface area contributed by atoms with Crippen LogP contribution in [0.25, 0.3) is 0 Å². The number of ether oxygens (including phenoxy) is 2. The van der Waals surface area contributed by atoms with Gasteiger partial charge in [0.1, 0.15) is 29.6 Å². The minimum atomic E-state index is -4.30. The molecule has 2 heterocycles. The molecule has 216 valence electrons. The third-order valence-corrected chi connectivity index (χ3v) is 7.87. The van der Waals surface area contributed by atoms with E-state index in [1.54, 1.807) is 0 Å². The number of aliphatic hydroxyl groups excluding tert-OH is 1. The van der Waals surface area contributed by atoms with Gasteiger partial charge in [0.2, 0.25) is 0 Å². The standard InChI is InChI=1S/C24H33ClN3O9PS/c1-14(20(31)34-13-23(2,3)4)27-38(33,37-16-8-6-15(25)7-9-16)35-12-17-19(30)24(5,32)21(36-17)28-11-10-18(29)26-22(28)39/h6-11,14,17,19,21,30,32H,12-13H2,1-5H3,(H,27,33)(H,26,29,39)/t14-,17+,19-,21+,24?,38-/m0/s1. The summed E-state index contributed by atoms with van der Waals surface area (Å²) in [4.78, 5) is 26.5. The molecule has 1 fully saturated rings. The second-order valence-electron chi connectivity index (χ2n) is 10.6. The van der Waals surface area contributed by atoms with Gasteiger partial charge in [-0.3, -0.25) is 23.7 Å². The molecule has 0 aliphatic carbocycles. The molecule has 1 saturated heterocycles. The van der Waals surface area contributed by atoms with Gasteiger partial charge in [-0.2, -0.15) is 5.09 Å². The first kappa shape index (κ1) is 31.4. The normalized spacial score (nSPS) is 25.6. The second-order valence-corrected chi connectivity index (χ2v) is 13.1. The quantitative estimate of drug-likeness (QED) is 0.179. The molecule has 0 spiro atoms. The highest BCUT2D eigenvalue weighted by molar-refractivity contribution is 7.71. The smallest absolute Gasteiger partial charge is 0.459 e. The Morgan fingerprint density at radius 3 is 2.56 bits per heavy atom. The average molecular weight is 606 g/mol. The van der Waals surface area contributed by atoms with E-state index in [1.165, 1.54) is 54.9 Å². The molecule has 3 rings (SSSR count). The zero-order valence-corrected chi connectivity index (χ0v) is 24.6. The third kappa shape index (κ3) is 8.21. The fourth-order valence-electron chi connectivity index (χ4n) is 3.59. The maximum atomic E-state index is 13.8. The van der Waals surface area contributed by atoms with Crippen LogP contribution in [0.5, 0.6) is 5.75 Å². The number of aromatic amines is 1. The zero-order valence-electron chi connectivity index (χ0n) is 22.1. The number of hydrogen-bond donors (Lipinski definition) is 4. The molecular formula is C24H33ClN3O9PS. The highest BCUT2D eigenvalue weighted by Gasteiger charge is 2.53. The summed E-state index contributed by atoms with van der Waals surface area (Å²) in [5.41, 5.74) is -2.60. The molecule has 4 N–H and O–H groups in total. The maximum absolute atomic E-state index is 13.8. The Labute approximate surface area is 235 Å². The van der Waals surface area contributed by atoms with E-state index in [0.29, 0.717) is 5.02 Å². The van der Waals surface area contributed by atoms with Gasteiger partial charge in [0, 0.05) is 17.3 Å². The second kappa shape index (κ2) is 12.2. The van der Waals surface area contributed by atoms with Crippen LogP contribution in [0.15, 0.2) is 41.3 Å². The SMILES string of the molecule is C[C@H](N[P@](=O)(OC[C@H]1O[C@@H](n2ccc(=O)[nH]c2=S)C(C)(O)[C@H]1O)Oc1ccc(Cl)cc1)C(=O)OCC(C)(C)C. The van der Waals surface area contributed by atoms with Gasteiger partial charge < -0.3 is 24.2 Å². The Bertz CT molecular complexity index is 1330. The van der Waals surface area contributed by atoms with Crippen molar-refractivity contribution in [3.63, 3.8) is 0 Å². The molecule has 1 aromatic heterocycles. The number of aromatic nitrogens is 2. The van der Waals surface area contributed by atoms with Crippen molar-refractivity contribution in [1.82, 2.24) is 14.6 Å². The summed E-state index contributed by atoms with van der Waals surface area (Å²) in [6.45, 7) is 8.05. The maximum Gasteiger partial charge on any atom is 0.459 e. The molecule has 0 radical (unpaired) electrons. The molecule has 6 atom stereocenters. The Morgan fingerprint density at radius 1 is 1.33 bits per heavy atom. The lowest BCUT2D eigenvalue weighted by molar-refractivity contribution is -0.148. The molecule has 1 aromatic carbocycles. The van der Waals surface area contributed by atoms with Crippen LogP contribution in [-0.2, 0) is 23.4 Å². The molecule has 0 saturated carbocycles. The number of hydrogen-bond acceptors (Lipinski definition) is 10. The van der Waals surface area contributed by atoms with Gasteiger partial charge in [-0.05, 0) is 55.7 Å². The van der Waals surface area contributed by atoms with E-state index in [9.17, 15) is 24.4 Å². The van der Waals surface area contributed by atoms with Crippen LogP contribution >= 0.6 is 31.6 Å². The fraction of sp³-hybridized carbons (Fsp3) is 0.542. The van der Waals surface area contributed by atoms with E-state index in [-0.39, 0.29) is 22.5 Å². The molecule has 1 aliphatic heterocycles. The molecular weight excluding hydrogens is 573 g/mol. The Hall–Kier alpha value is -2.09. The predicted molar refractivity (Wildman–Crippen MR) is 145 cm³/mol. The fourth-order valence-corrected chi connectivity index (χ4v) is 5.47. The van der Waals surface area contributed by atoms with Gasteiger partial charge >= 0.3 is 13.7 Å². The molecule has 1 aliphatic rings. The summed E-state index contributed by atoms with van der Waals surface area (Å²) in [5.74, 6) is -0.552. The molecule has 39 heavy (non-hydrogen) atoms. The van der Waals surface area contributed by atoms with Crippen molar-refractivity contribution in [3.8, 4) is 5.75 Å². The lowest BCUT2D eigenvalue weighted by Gasteiger charge is -2.28. The van der Waals surface area contributed by atoms with Gasteiger partial charge in [-0.15, -0.1) is 0 Å². The van der Waals surface area contributed by atoms with Gasteiger partial charge in [0.15, 0.2) is 11.0 Å². The van der Waals surface area contributed by atoms with Gasteiger partial charge in [0.25, 0.3) is 5.56 Å². The van der Waals surface area contributed by atoms with E-state index in [0.717, 1.165) is 0 Å². The zero-order chi connectivity index (χ0) is 29.2. The van der Waals surface area contributed by atoms with E-state index in [4.69, 9.17) is 42.3 Å². The topological polar surface area (TPSA) is 161 Å². The minimum absolute atomic E-state index is 0.0393. The number of benzene rings is 1. The molecule has 0 bridgehead atoms. The average Bonchev–Trinajstić information content (AvgIpc) is 3.05. The predicted octanol–water partition coefficient (Wildman–Crippen LogP) is 3.34. The number of aliphatic hydroxyl groups is 2. The number of nitrogens with one attached hydrogen (secondary N) is 2. The van der Waals surface area contributed by atoms with E-state index in [2.05, 4.69) is 10.1 Å².